The Balaban J connectivity index is 2.43. The van der Waals surface area contributed by atoms with Crippen LogP contribution in [0.1, 0.15) is 71.4 Å². The molecule has 0 fully saturated rings. The lowest BCUT2D eigenvalue weighted by Gasteiger charge is -2.29. The van der Waals surface area contributed by atoms with Crippen molar-refractivity contribution in [2.45, 2.75) is 65.5 Å². The Morgan fingerprint density at radius 2 is 1.48 bits per heavy atom. The Morgan fingerprint density at radius 1 is 0.931 bits per heavy atom. The van der Waals surface area contributed by atoms with Crippen LogP contribution < -0.4 is 19.5 Å². The molecule has 0 aromatic heterocycles. The number of methoxy groups -OCH3 is 2. The fourth-order valence-electron chi connectivity index (χ4n) is 4.08. The maximum atomic E-state index is 6.15. The van der Waals surface area contributed by atoms with Crippen molar-refractivity contribution in [2.75, 3.05) is 20.6 Å². The fourth-order valence-corrected chi connectivity index (χ4v) is 6.42. The maximum absolute atomic E-state index is 6.15. The molecule has 1 atom stereocenters. The molecule has 2 aromatic carbocycles. The lowest BCUT2D eigenvalue weighted by Crippen LogP contribution is -2.19. The predicted octanol–water partition coefficient (Wildman–Crippen LogP) is 6.87. The van der Waals surface area contributed by atoms with Crippen LogP contribution in [-0.2, 0) is 0 Å². The topological polar surface area (TPSA) is 27.7 Å². The zero-order chi connectivity index (χ0) is 21.5. The minimum Gasteiger partial charge on any atom is -0.496 e. The van der Waals surface area contributed by atoms with Gasteiger partial charge in [-0.3, -0.25) is 0 Å². The van der Waals surface area contributed by atoms with E-state index in [4.69, 9.17) is 14.2 Å². The largest absolute Gasteiger partial charge is 0.496 e. The van der Waals surface area contributed by atoms with Gasteiger partial charge in [0.25, 0.3) is 0 Å². The van der Waals surface area contributed by atoms with Crippen molar-refractivity contribution in [1.82, 2.24) is 0 Å². The number of rotatable bonds is 5. The quantitative estimate of drug-likeness (QED) is 0.500. The molecule has 3 nitrogen and oxygen atoms in total. The molecule has 0 aliphatic carbocycles. The predicted molar refractivity (Wildman–Crippen MR) is 125 cm³/mol. The Hall–Kier alpha value is -1.73. The Morgan fingerprint density at radius 3 is 1.93 bits per heavy atom. The van der Waals surface area contributed by atoms with Gasteiger partial charge in [0, 0.05) is 10.9 Å². The lowest BCUT2D eigenvalue weighted by molar-refractivity contribution is 0.388. The van der Waals surface area contributed by atoms with Gasteiger partial charge in [0.2, 0.25) is 0 Å². The molecule has 2 aromatic rings. The van der Waals surface area contributed by atoms with E-state index in [-0.39, 0.29) is 5.16 Å². The monoisotopic (exact) mass is 414 g/mol. The van der Waals surface area contributed by atoms with Gasteiger partial charge in [0.05, 0.1) is 19.8 Å². The van der Waals surface area contributed by atoms with E-state index in [0.717, 1.165) is 29.2 Å². The molecule has 1 heterocycles. The minimum absolute atomic E-state index is 0.160. The summed E-state index contributed by atoms with van der Waals surface area (Å²) in [5.74, 6) is 3.55. The van der Waals surface area contributed by atoms with E-state index >= 15 is 0 Å². The van der Waals surface area contributed by atoms with Gasteiger partial charge >= 0.3 is 0 Å². The summed E-state index contributed by atoms with van der Waals surface area (Å²) in [6.45, 7) is 15.8. The molecule has 29 heavy (non-hydrogen) atoms. The van der Waals surface area contributed by atoms with Crippen LogP contribution in [0, 0.1) is 0 Å². The first-order chi connectivity index (χ1) is 13.6. The molecule has 1 aliphatic heterocycles. The summed E-state index contributed by atoms with van der Waals surface area (Å²) in [6.07, 6.45) is 0.775. The van der Waals surface area contributed by atoms with Gasteiger partial charge in [-0.2, -0.15) is 0 Å². The van der Waals surface area contributed by atoms with Crippen LogP contribution >= 0.6 is 7.92 Å². The molecule has 0 bridgehead atoms. The molecule has 0 spiro atoms. The highest BCUT2D eigenvalue weighted by Crippen LogP contribution is 2.58. The lowest BCUT2D eigenvalue weighted by atomic mass is 9.88. The van der Waals surface area contributed by atoms with Crippen molar-refractivity contribution in [1.29, 1.82) is 0 Å². The zero-order valence-corrected chi connectivity index (χ0v) is 20.2. The van der Waals surface area contributed by atoms with E-state index in [9.17, 15) is 0 Å². The second-order valence-electron chi connectivity index (χ2n) is 9.33. The zero-order valence-electron chi connectivity index (χ0n) is 19.3. The van der Waals surface area contributed by atoms with E-state index in [1.165, 1.54) is 22.0 Å². The average molecular weight is 415 g/mol. The van der Waals surface area contributed by atoms with Gasteiger partial charge in [-0.25, -0.2) is 0 Å². The van der Waals surface area contributed by atoms with Crippen molar-refractivity contribution in [3.8, 4) is 28.4 Å². The molecule has 4 heteroatoms. The third kappa shape index (κ3) is 3.87. The summed E-state index contributed by atoms with van der Waals surface area (Å²) in [5, 5.41) is 1.50. The van der Waals surface area contributed by atoms with Gasteiger partial charge in [-0.1, -0.05) is 60.6 Å². The van der Waals surface area contributed by atoms with Crippen LogP contribution in [0.2, 0.25) is 0 Å². The van der Waals surface area contributed by atoms with Crippen LogP contribution in [0.25, 0.3) is 11.1 Å². The normalized spacial score (nSPS) is 16.2. The summed E-state index contributed by atoms with van der Waals surface area (Å²) in [7, 11) is 3.07. The number of hydrogen-bond acceptors (Lipinski definition) is 3. The first-order valence-electron chi connectivity index (χ1n) is 10.4. The third-order valence-corrected chi connectivity index (χ3v) is 8.65. The van der Waals surface area contributed by atoms with Crippen molar-refractivity contribution >= 4 is 13.2 Å². The molecule has 0 radical (unpaired) electrons. The standard InChI is InChI=1S/C25H35O3P/c1-15(2)18-13-19(16(3)4)23(27-9)21(22(18)26-8)17-11-10-12-20-24(17)29(14-28-20)25(5,6)7/h10-13,15-16H,14H2,1-9H3. The highest BCUT2D eigenvalue weighted by Gasteiger charge is 2.37. The van der Waals surface area contributed by atoms with Gasteiger partial charge in [-0.15, -0.1) is 0 Å². The van der Waals surface area contributed by atoms with E-state index < -0.39 is 7.92 Å². The molecule has 0 saturated carbocycles. The summed E-state index contributed by atoms with van der Waals surface area (Å²) in [4.78, 5) is 0. The van der Waals surface area contributed by atoms with Gasteiger partial charge in [0.15, 0.2) is 0 Å². The summed E-state index contributed by atoms with van der Waals surface area (Å²) in [6, 6.07) is 8.67. The van der Waals surface area contributed by atoms with E-state index in [0.29, 0.717) is 11.8 Å². The van der Waals surface area contributed by atoms with Crippen molar-refractivity contribution in [3.05, 3.63) is 35.4 Å². The second-order valence-corrected chi connectivity index (χ2v) is 12.2. The summed E-state index contributed by atoms with van der Waals surface area (Å²) < 4.78 is 18.2. The Kier molecular flexibility index (Phi) is 6.20. The van der Waals surface area contributed by atoms with Crippen LogP contribution in [0.15, 0.2) is 24.3 Å². The van der Waals surface area contributed by atoms with Gasteiger partial charge in [0.1, 0.15) is 23.6 Å². The first-order valence-corrected chi connectivity index (χ1v) is 12.0. The third-order valence-electron chi connectivity index (χ3n) is 5.64. The van der Waals surface area contributed by atoms with Crippen molar-refractivity contribution in [3.63, 3.8) is 0 Å². The molecule has 0 amide bonds. The van der Waals surface area contributed by atoms with Crippen molar-refractivity contribution < 1.29 is 14.2 Å². The molecule has 1 unspecified atom stereocenters. The molecule has 1 aliphatic rings. The van der Waals surface area contributed by atoms with E-state index in [1.807, 2.05) is 0 Å². The number of hydrogen-bond donors (Lipinski definition) is 0. The van der Waals surface area contributed by atoms with E-state index in [1.54, 1.807) is 14.2 Å². The van der Waals surface area contributed by atoms with Gasteiger partial charge in [-0.05, 0) is 48.2 Å². The Labute approximate surface area is 177 Å². The minimum atomic E-state index is -0.464. The molecule has 158 valence electrons. The van der Waals surface area contributed by atoms with Crippen LogP contribution in [0.4, 0.5) is 0 Å². The Bertz CT molecular complexity index is 860. The molecular weight excluding hydrogens is 379 g/mol. The molecule has 3 rings (SSSR count). The number of ether oxygens (including phenoxy) is 3. The summed E-state index contributed by atoms with van der Waals surface area (Å²) in [5.41, 5.74) is 4.72. The highest BCUT2D eigenvalue weighted by molar-refractivity contribution is 7.67. The molecule has 0 saturated heterocycles. The number of benzene rings is 2. The number of fused-ring (bicyclic) bond motifs is 1. The second kappa shape index (κ2) is 8.19. The smallest absolute Gasteiger partial charge is 0.133 e. The average Bonchev–Trinajstić information content (AvgIpc) is 3.10. The fraction of sp³-hybridized carbons (Fsp3) is 0.520. The van der Waals surface area contributed by atoms with Crippen LogP contribution in [-0.4, -0.2) is 25.7 Å². The maximum Gasteiger partial charge on any atom is 0.133 e. The SMILES string of the molecule is COc1c(C(C)C)cc(C(C)C)c(OC)c1-c1cccc2c1P(C(C)(C)C)CO2. The summed E-state index contributed by atoms with van der Waals surface area (Å²) >= 11 is 0. The van der Waals surface area contributed by atoms with Crippen LogP contribution in [0.5, 0.6) is 17.2 Å². The van der Waals surface area contributed by atoms with Gasteiger partial charge < -0.3 is 14.2 Å². The molecular formula is C25H35O3P. The highest BCUT2D eigenvalue weighted by atomic mass is 31.1. The molecule has 0 N–H and O–H groups in total. The van der Waals surface area contributed by atoms with Crippen molar-refractivity contribution in [2.24, 2.45) is 0 Å². The first kappa shape index (κ1) is 22.0. The van der Waals surface area contributed by atoms with Crippen LogP contribution in [0.3, 0.4) is 0 Å². The van der Waals surface area contributed by atoms with E-state index in [2.05, 4.69) is 72.7 Å².